The van der Waals surface area contributed by atoms with Gasteiger partial charge in [0.25, 0.3) is 5.91 Å². The first-order valence-electron chi connectivity index (χ1n) is 10.4. The average molecular weight is 499 g/mol. The molecule has 1 aliphatic heterocycles. The third kappa shape index (κ3) is 4.12. The minimum absolute atomic E-state index is 0.272. The number of urea groups is 1. The molecule has 0 saturated carbocycles. The molecule has 2 aliphatic rings. The second kappa shape index (κ2) is 8.74. The molecule has 1 aliphatic carbocycles. The van der Waals surface area contributed by atoms with Crippen LogP contribution in [0.4, 0.5) is 10.5 Å². The molecule has 0 aromatic heterocycles. The van der Waals surface area contributed by atoms with Gasteiger partial charge in [-0.2, -0.15) is 0 Å². The molecule has 1 fully saturated rings. The topological polar surface area (TPSA) is 108 Å². The fourth-order valence-electron chi connectivity index (χ4n) is 4.30. The Morgan fingerprint density at radius 3 is 2.72 bits per heavy atom. The summed E-state index contributed by atoms with van der Waals surface area (Å²) in [4.78, 5) is 51.3. The molecule has 1 unspecified atom stereocenters. The Labute approximate surface area is 193 Å². The highest BCUT2D eigenvalue weighted by Crippen LogP contribution is 2.39. The maximum atomic E-state index is 13.2. The van der Waals surface area contributed by atoms with Gasteiger partial charge in [-0.05, 0) is 61.1 Å². The van der Waals surface area contributed by atoms with Crippen LogP contribution in [0.15, 0.2) is 46.9 Å². The highest BCUT2D eigenvalue weighted by atomic mass is 79.9. The molecule has 3 N–H and O–H groups in total. The number of carbonyl (C=O) groups is 4. The van der Waals surface area contributed by atoms with Crippen LogP contribution in [0, 0.1) is 6.92 Å². The molecule has 166 valence electrons. The third-order valence-corrected chi connectivity index (χ3v) is 6.35. The van der Waals surface area contributed by atoms with Crippen molar-refractivity contribution in [1.29, 1.82) is 0 Å². The Bertz CT molecular complexity index is 1120. The third-order valence-electron chi connectivity index (χ3n) is 5.86. The van der Waals surface area contributed by atoms with E-state index >= 15 is 0 Å². The molecule has 1 spiro atoms. The van der Waals surface area contributed by atoms with Gasteiger partial charge in [0.05, 0.1) is 6.54 Å². The van der Waals surface area contributed by atoms with Crippen molar-refractivity contribution in [2.24, 2.45) is 0 Å². The van der Waals surface area contributed by atoms with Gasteiger partial charge in [0.1, 0.15) is 12.1 Å². The molecule has 1 atom stereocenters. The molecule has 1 saturated heterocycles. The molecule has 0 radical (unpaired) electrons. The first-order valence-corrected chi connectivity index (χ1v) is 11.1. The van der Waals surface area contributed by atoms with Gasteiger partial charge in [0.15, 0.2) is 0 Å². The minimum atomic E-state index is -1.12. The number of amides is 5. The van der Waals surface area contributed by atoms with Crippen LogP contribution in [0.2, 0.25) is 0 Å². The monoisotopic (exact) mass is 498 g/mol. The summed E-state index contributed by atoms with van der Waals surface area (Å²) in [6.07, 6.45) is 2.09. The Balaban J connectivity index is 1.37. The maximum Gasteiger partial charge on any atom is 0.325 e. The lowest BCUT2D eigenvalue weighted by molar-refractivity contribution is -0.135. The summed E-state index contributed by atoms with van der Waals surface area (Å²) in [5.41, 5.74) is 2.20. The zero-order valence-electron chi connectivity index (χ0n) is 17.5. The zero-order chi connectivity index (χ0) is 22.9. The van der Waals surface area contributed by atoms with Crippen LogP contribution in [0.1, 0.15) is 29.5 Å². The van der Waals surface area contributed by atoms with Gasteiger partial charge in [-0.25, -0.2) is 4.79 Å². The van der Waals surface area contributed by atoms with Crippen LogP contribution >= 0.6 is 15.9 Å². The van der Waals surface area contributed by atoms with Crippen LogP contribution in [0.5, 0.6) is 0 Å². The lowest BCUT2D eigenvalue weighted by atomic mass is 9.76. The van der Waals surface area contributed by atoms with E-state index in [1.54, 1.807) is 12.1 Å². The molecular formula is C23H23BrN4O4. The van der Waals surface area contributed by atoms with Gasteiger partial charge < -0.3 is 16.0 Å². The molecule has 2 aromatic carbocycles. The number of hydrogen-bond donors (Lipinski definition) is 3. The smallest absolute Gasteiger partial charge is 0.325 e. The normalized spacial score (nSPS) is 19.5. The lowest BCUT2D eigenvalue weighted by Crippen LogP contribution is -2.47. The Hall–Kier alpha value is -3.20. The van der Waals surface area contributed by atoms with Gasteiger partial charge in [-0.3, -0.25) is 19.3 Å². The number of hydrogen-bond acceptors (Lipinski definition) is 4. The number of benzene rings is 2. The van der Waals surface area contributed by atoms with Crippen molar-refractivity contribution in [2.45, 2.75) is 31.7 Å². The summed E-state index contributed by atoms with van der Waals surface area (Å²) in [5.74, 6) is -1.42. The highest BCUT2D eigenvalue weighted by molar-refractivity contribution is 9.10. The number of rotatable bonds is 5. The SMILES string of the molecule is Cc1cc(Br)ccc1NC(=O)CNC(=O)CN1C(=O)NC2(CCCc3ccccc32)C1=O. The summed E-state index contributed by atoms with van der Waals surface area (Å²) < 4.78 is 0.896. The fraction of sp³-hybridized carbons (Fsp3) is 0.304. The molecule has 5 amide bonds. The zero-order valence-corrected chi connectivity index (χ0v) is 19.1. The average Bonchev–Trinajstić information content (AvgIpc) is 2.99. The molecule has 32 heavy (non-hydrogen) atoms. The van der Waals surface area contributed by atoms with Crippen LogP contribution in [-0.4, -0.2) is 41.7 Å². The molecule has 0 bridgehead atoms. The molecule has 2 aromatic rings. The van der Waals surface area contributed by atoms with Gasteiger partial charge in [-0.1, -0.05) is 40.2 Å². The summed E-state index contributed by atoms with van der Waals surface area (Å²) >= 11 is 3.36. The van der Waals surface area contributed by atoms with E-state index in [9.17, 15) is 19.2 Å². The number of nitrogens with one attached hydrogen (secondary N) is 3. The van der Waals surface area contributed by atoms with Crippen molar-refractivity contribution < 1.29 is 19.2 Å². The molecule has 9 heteroatoms. The predicted molar refractivity (Wildman–Crippen MR) is 122 cm³/mol. The Morgan fingerprint density at radius 2 is 1.94 bits per heavy atom. The van der Waals surface area contributed by atoms with Crippen LogP contribution in [0.25, 0.3) is 0 Å². The van der Waals surface area contributed by atoms with E-state index in [1.807, 2.05) is 37.3 Å². The summed E-state index contributed by atoms with van der Waals surface area (Å²) in [6, 6.07) is 12.4. The van der Waals surface area contributed by atoms with Crippen molar-refractivity contribution in [1.82, 2.24) is 15.5 Å². The van der Waals surface area contributed by atoms with E-state index in [1.165, 1.54) is 0 Å². The number of imide groups is 1. The number of anilines is 1. The van der Waals surface area contributed by atoms with E-state index < -0.39 is 35.8 Å². The van der Waals surface area contributed by atoms with Crippen LogP contribution in [-0.2, 0) is 26.3 Å². The van der Waals surface area contributed by atoms with E-state index in [0.29, 0.717) is 12.1 Å². The maximum absolute atomic E-state index is 13.2. The highest BCUT2D eigenvalue weighted by Gasteiger charge is 2.54. The minimum Gasteiger partial charge on any atom is -0.345 e. The van der Waals surface area contributed by atoms with Crippen molar-refractivity contribution in [2.75, 3.05) is 18.4 Å². The van der Waals surface area contributed by atoms with Gasteiger partial charge in [0.2, 0.25) is 11.8 Å². The molecular weight excluding hydrogens is 476 g/mol. The molecule has 4 rings (SSSR count). The summed E-state index contributed by atoms with van der Waals surface area (Å²) in [5, 5.41) is 8.02. The van der Waals surface area contributed by atoms with Crippen molar-refractivity contribution >= 4 is 45.4 Å². The van der Waals surface area contributed by atoms with Crippen LogP contribution in [0.3, 0.4) is 0 Å². The van der Waals surface area contributed by atoms with Gasteiger partial charge >= 0.3 is 6.03 Å². The summed E-state index contributed by atoms with van der Waals surface area (Å²) in [6.45, 7) is 1.14. The largest absolute Gasteiger partial charge is 0.345 e. The van der Waals surface area contributed by atoms with E-state index in [-0.39, 0.29) is 6.54 Å². The van der Waals surface area contributed by atoms with Crippen LogP contribution < -0.4 is 16.0 Å². The van der Waals surface area contributed by atoms with Gasteiger partial charge in [0, 0.05) is 10.2 Å². The lowest BCUT2D eigenvalue weighted by Gasteiger charge is -2.33. The van der Waals surface area contributed by atoms with Crippen molar-refractivity contribution in [3.63, 3.8) is 0 Å². The number of carbonyl (C=O) groups excluding carboxylic acids is 4. The second-order valence-corrected chi connectivity index (χ2v) is 8.94. The number of aryl methyl sites for hydroxylation is 2. The van der Waals surface area contributed by atoms with Crippen molar-refractivity contribution in [3.05, 3.63) is 63.6 Å². The Kier molecular flexibility index (Phi) is 6.01. The fourth-order valence-corrected chi connectivity index (χ4v) is 4.77. The number of halogens is 1. The first kappa shape index (κ1) is 22.0. The standard InChI is InChI=1S/C23H23BrN4O4/c1-14-11-16(24)8-9-18(14)26-19(29)12-25-20(30)13-28-21(31)23(27-22(28)32)10-4-6-15-5-2-3-7-17(15)23/h2-3,5,7-9,11H,4,6,10,12-13H2,1H3,(H,25,30)(H,26,29)(H,27,32). The Morgan fingerprint density at radius 1 is 1.16 bits per heavy atom. The number of fused-ring (bicyclic) bond motifs is 2. The predicted octanol–water partition coefficient (Wildman–Crippen LogP) is 2.60. The van der Waals surface area contributed by atoms with E-state index in [2.05, 4.69) is 31.9 Å². The summed E-state index contributed by atoms with van der Waals surface area (Å²) in [7, 11) is 0. The number of nitrogens with zero attached hydrogens (tertiary/aromatic N) is 1. The first-order chi connectivity index (χ1) is 15.3. The van der Waals surface area contributed by atoms with Gasteiger partial charge in [-0.15, -0.1) is 0 Å². The quantitative estimate of drug-likeness (QED) is 0.550. The molecule has 8 nitrogen and oxygen atoms in total. The van der Waals surface area contributed by atoms with E-state index in [0.717, 1.165) is 38.9 Å². The molecule has 1 heterocycles. The van der Waals surface area contributed by atoms with E-state index in [4.69, 9.17) is 0 Å². The van der Waals surface area contributed by atoms with Crippen molar-refractivity contribution in [3.8, 4) is 0 Å². The second-order valence-electron chi connectivity index (χ2n) is 8.02.